The fourth-order valence-electron chi connectivity index (χ4n) is 3.51. The van der Waals surface area contributed by atoms with Crippen molar-refractivity contribution in [3.8, 4) is 5.75 Å². The Labute approximate surface area is 173 Å². The van der Waals surface area contributed by atoms with Gasteiger partial charge < -0.3 is 10.1 Å². The standard InChI is InChI=1S/C21H26Br2N2O/c1-2-25-10-6-9-18(25)14-24-13-17-11-19(22)21(20(23)12-17)26-15-16-7-4-3-5-8-16/h3-5,7-8,11-12,18,24H,2,6,9-10,13-15H2,1H3. The molecule has 3 rings (SSSR count). The summed E-state index contributed by atoms with van der Waals surface area (Å²) in [4.78, 5) is 2.57. The summed E-state index contributed by atoms with van der Waals surface area (Å²) in [5, 5.41) is 3.62. The maximum atomic E-state index is 6.00. The normalized spacial score (nSPS) is 17.6. The summed E-state index contributed by atoms with van der Waals surface area (Å²) in [6.45, 7) is 7.12. The van der Waals surface area contributed by atoms with Gasteiger partial charge in [0.25, 0.3) is 0 Å². The zero-order chi connectivity index (χ0) is 18.4. The van der Waals surface area contributed by atoms with Gasteiger partial charge in [-0.3, -0.25) is 4.90 Å². The molecule has 1 saturated heterocycles. The Hall–Kier alpha value is -0.880. The van der Waals surface area contributed by atoms with Crippen molar-refractivity contribution in [2.45, 2.75) is 39.0 Å². The summed E-state index contributed by atoms with van der Waals surface area (Å²) < 4.78 is 7.97. The largest absolute Gasteiger partial charge is 0.487 e. The molecule has 1 N–H and O–H groups in total. The highest BCUT2D eigenvalue weighted by atomic mass is 79.9. The number of likely N-dealkylation sites (tertiary alicyclic amines) is 1. The summed E-state index contributed by atoms with van der Waals surface area (Å²) in [6.07, 6.45) is 2.63. The Morgan fingerprint density at radius 1 is 1.12 bits per heavy atom. The molecule has 1 aliphatic heterocycles. The lowest BCUT2D eigenvalue weighted by Crippen LogP contribution is -2.37. The van der Waals surface area contributed by atoms with E-state index in [-0.39, 0.29) is 0 Å². The molecule has 0 bridgehead atoms. The summed E-state index contributed by atoms with van der Waals surface area (Å²) >= 11 is 7.32. The molecule has 1 unspecified atom stereocenters. The van der Waals surface area contributed by atoms with Crippen LogP contribution in [-0.4, -0.2) is 30.6 Å². The van der Waals surface area contributed by atoms with E-state index in [1.54, 1.807) is 0 Å². The third kappa shape index (κ3) is 5.32. The van der Waals surface area contributed by atoms with Crippen LogP contribution in [0.5, 0.6) is 5.75 Å². The predicted octanol–water partition coefficient (Wildman–Crippen LogP) is 5.36. The van der Waals surface area contributed by atoms with Crippen LogP contribution in [0.25, 0.3) is 0 Å². The Morgan fingerprint density at radius 3 is 2.54 bits per heavy atom. The smallest absolute Gasteiger partial charge is 0.148 e. The number of likely N-dealkylation sites (N-methyl/N-ethyl adjacent to an activating group) is 1. The molecule has 1 aliphatic rings. The average molecular weight is 482 g/mol. The van der Waals surface area contributed by atoms with Gasteiger partial charge in [-0.2, -0.15) is 0 Å². The van der Waals surface area contributed by atoms with Gasteiger partial charge in [0, 0.05) is 19.1 Å². The van der Waals surface area contributed by atoms with Gasteiger partial charge in [-0.05, 0) is 81.1 Å². The van der Waals surface area contributed by atoms with E-state index in [0.717, 1.165) is 39.9 Å². The molecule has 0 radical (unpaired) electrons. The average Bonchev–Trinajstić information content (AvgIpc) is 3.09. The second kappa shape index (κ2) is 9.88. The van der Waals surface area contributed by atoms with Gasteiger partial charge in [0.2, 0.25) is 0 Å². The summed E-state index contributed by atoms with van der Waals surface area (Å²) in [7, 11) is 0. The number of hydrogen-bond donors (Lipinski definition) is 1. The fraction of sp³-hybridized carbons (Fsp3) is 0.429. The second-order valence-electron chi connectivity index (χ2n) is 6.72. The van der Waals surface area contributed by atoms with Crippen molar-refractivity contribution in [2.24, 2.45) is 0 Å². The Kier molecular flexibility index (Phi) is 7.55. The van der Waals surface area contributed by atoms with Crippen LogP contribution in [0, 0.1) is 0 Å². The molecule has 2 aromatic rings. The van der Waals surface area contributed by atoms with Crippen molar-refractivity contribution in [3.05, 3.63) is 62.5 Å². The van der Waals surface area contributed by atoms with E-state index >= 15 is 0 Å². The molecule has 3 nitrogen and oxygen atoms in total. The molecule has 1 fully saturated rings. The second-order valence-corrected chi connectivity index (χ2v) is 8.43. The highest BCUT2D eigenvalue weighted by molar-refractivity contribution is 9.11. The highest BCUT2D eigenvalue weighted by Gasteiger charge is 2.22. The minimum atomic E-state index is 0.560. The van der Waals surface area contributed by atoms with Crippen molar-refractivity contribution in [2.75, 3.05) is 19.6 Å². The molecule has 0 aromatic heterocycles. The third-order valence-electron chi connectivity index (χ3n) is 4.90. The molecule has 1 heterocycles. The number of benzene rings is 2. The minimum Gasteiger partial charge on any atom is -0.487 e. The van der Waals surface area contributed by atoms with Crippen molar-refractivity contribution in [3.63, 3.8) is 0 Å². The zero-order valence-electron chi connectivity index (χ0n) is 15.2. The number of nitrogens with zero attached hydrogens (tertiary/aromatic N) is 1. The van der Waals surface area contributed by atoms with Crippen molar-refractivity contribution >= 4 is 31.9 Å². The van der Waals surface area contributed by atoms with Gasteiger partial charge in [-0.15, -0.1) is 0 Å². The molecule has 0 spiro atoms. The monoisotopic (exact) mass is 480 g/mol. The maximum absolute atomic E-state index is 6.00. The summed E-state index contributed by atoms with van der Waals surface area (Å²) in [5.41, 5.74) is 2.41. The Morgan fingerprint density at radius 2 is 1.85 bits per heavy atom. The van der Waals surface area contributed by atoms with Crippen LogP contribution in [0.4, 0.5) is 0 Å². The van der Waals surface area contributed by atoms with Crippen molar-refractivity contribution in [1.29, 1.82) is 0 Å². The molecular formula is C21H26Br2N2O. The number of nitrogens with one attached hydrogen (secondary N) is 1. The van der Waals surface area contributed by atoms with E-state index in [0.29, 0.717) is 12.6 Å². The first kappa shape index (κ1) is 19.9. The van der Waals surface area contributed by atoms with Crippen molar-refractivity contribution in [1.82, 2.24) is 10.2 Å². The van der Waals surface area contributed by atoms with E-state index in [1.807, 2.05) is 18.2 Å². The molecule has 5 heteroatoms. The minimum absolute atomic E-state index is 0.560. The molecule has 0 aliphatic carbocycles. The maximum Gasteiger partial charge on any atom is 0.148 e. The van der Waals surface area contributed by atoms with E-state index < -0.39 is 0 Å². The van der Waals surface area contributed by atoms with Crippen molar-refractivity contribution < 1.29 is 4.74 Å². The SMILES string of the molecule is CCN1CCCC1CNCc1cc(Br)c(OCc2ccccc2)c(Br)c1. The Balaban J connectivity index is 1.55. The molecule has 0 amide bonds. The van der Waals surface area contributed by atoms with Gasteiger partial charge in [0.05, 0.1) is 8.95 Å². The van der Waals surface area contributed by atoms with Crippen LogP contribution in [0.2, 0.25) is 0 Å². The highest BCUT2D eigenvalue weighted by Crippen LogP contribution is 2.35. The molecule has 26 heavy (non-hydrogen) atoms. The van der Waals surface area contributed by atoms with Crippen LogP contribution in [0.3, 0.4) is 0 Å². The van der Waals surface area contributed by atoms with E-state index in [9.17, 15) is 0 Å². The number of ether oxygens (including phenoxy) is 1. The lowest BCUT2D eigenvalue weighted by Gasteiger charge is -2.23. The van der Waals surface area contributed by atoms with Crippen LogP contribution < -0.4 is 10.1 Å². The van der Waals surface area contributed by atoms with Gasteiger partial charge in [-0.1, -0.05) is 37.3 Å². The first-order valence-corrected chi connectivity index (χ1v) is 10.9. The Bertz CT molecular complexity index is 685. The molecule has 1 atom stereocenters. The zero-order valence-corrected chi connectivity index (χ0v) is 18.4. The van der Waals surface area contributed by atoms with Gasteiger partial charge in [0.15, 0.2) is 0 Å². The molecule has 2 aromatic carbocycles. The van der Waals surface area contributed by atoms with E-state index in [2.05, 4.69) is 73.3 Å². The molecule has 140 valence electrons. The summed E-state index contributed by atoms with van der Waals surface area (Å²) in [6, 6.07) is 15.2. The molecule has 0 saturated carbocycles. The third-order valence-corrected chi connectivity index (χ3v) is 6.08. The van der Waals surface area contributed by atoms with Gasteiger partial charge in [0.1, 0.15) is 12.4 Å². The van der Waals surface area contributed by atoms with Crippen LogP contribution in [0.1, 0.15) is 30.9 Å². The van der Waals surface area contributed by atoms with Gasteiger partial charge >= 0.3 is 0 Å². The van der Waals surface area contributed by atoms with Crippen LogP contribution in [0.15, 0.2) is 51.4 Å². The first-order chi connectivity index (χ1) is 12.7. The van der Waals surface area contributed by atoms with Crippen LogP contribution >= 0.6 is 31.9 Å². The number of hydrogen-bond acceptors (Lipinski definition) is 3. The quantitative estimate of drug-likeness (QED) is 0.548. The topological polar surface area (TPSA) is 24.5 Å². The van der Waals surface area contributed by atoms with E-state index in [1.165, 1.54) is 24.9 Å². The van der Waals surface area contributed by atoms with E-state index in [4.69, 9.17) is 4.74 Å². The van der Waals surface area contributed by atoms with Crippen LogP contribution in [-0.2, 0) is 13.2 Å². The number of rotatable bonds is 8. The number of halogens is 2. The first-order valence-electron chi connectivity index (χ1n) is 9.26. The lowest BCUT2D eigenvalue weighted by atomic mass is 10.2. The molecular weight excluding hydrogens is 456 g/mol. The fourth-order valence-corrected chi connectivity index (χ4v) is 5.02. The van der Waals surface area contributed by atoms with Gasteiger partial charge in [-0.25, -0.2) is 0 Å². The predicted molar refractivity (Wildman–Crippen MR) is 115 cm³/mol. The summed E-state index contributed by atoms with van der Waals surface area (Å²) in [5.74, 6) is 0.852. The lowest BCUT2D eigenvalue weighted by molar-refractivity contribution is 0.260.